The van der Waals surface area contributed by atoms with Crippen LogP contribution in [0.2, 0.25) is 0 Å². The molecule has 0 fully saturated rings. The molecule has 0 aromatic carbocycles. The second-order valence-electron chi connectivity index (χ2n) is 0.448. The van der Waals surface area contributed by atoms with Crippen LogP contribution in [-0.4, -0.2) is 17.5 Å². The second kappa shape index (κ2) is 4.55. The molecule has 0 saturated carbocycles. The third-order valence-corrected chi connectivity index (χ3v) is 0. The fraction of sp³-hybridized carbons (Fsp3) is 1.00. The molecule has 0 heterocycles. The van der Waals surface area contributed by atoms with Gasteiger partial charge in [-0.1, -0.05) is 7.43 Å². The topological polar surface area (TPSA) is 74.6 Å². The van der Waals surface area contributed by atoms with Crippen LogP contribution < -0.4 is 0 Å². The van der Waals surface area contributed by atoms with Crippen molar-refractivity contribution in [1.29, 1.82) is 0 Å². The summed E-state index contributed by atoms with van der Waals surface area (Å²) in [4.78, 5) is 0. The SMILES string of the molecule is C.O=S(=O)(O)O.[Fe]. The Balaban J connectivity index is -0.0000000800. The van der Waals surface area contributed by atoms with E-state index in [0.717, 1.165) is 0 Å². The Bertz CT molecular complexity index is 94.9. The summed E-state index contributed by atoms with van der Waals surface area (Å²) in [6, 6.07) is 0. The molecule has 0 aromatic heterocycles. The largest absolute Gasteiger partial charge is 0.394 e. The minimum Gasteiger partial charge on any atom is -0.264 e. The molecule has 6 heteroatoms. The van der Waals surface area contributed by atoms with Crippen molar-refractivity contribution >= 4 is 10.4 Å². The Morgan fingerprint density at radius 3 is 1.14 bits per heavy atom. The van der Waals surface area contributed by atoms with Gasteiger partial charge in [0.1, 0.15) is 0 Å². The van der Waals surface area contributed by atoms with Crippen molar-refractivity contribution in [3.63, 3.8) is 0 Å². The van der Waals surface area contributed by atoms with Crippen LogP contribution in [0.25, 0.3) is 0 Å². The van der Waals surface area contributed by atoms with Crippen molar-refractivity contribution in [2.24, 2.45) is 0 Å². The predicted molar refractivity (Wildman–Crippen MR) is 20.9 cm³/mol. The minimum absolute atomic E-state index is 0. The van der Waals surface area contributed by atoms with Crippen LogP contribution in [0, 0.1) is 0 Å². The molecule has 0 saturated heterocycles. The Morgan fingerprint density at radius 1 is 1.14 bits per heavy atom. The molecule has 0 radical (unpaired) electrons. The van der Waals surface area contributed by atoms with Gasteiger partial charge in [-0.3, -0.25) is 9.11 Å². The van der Waals surface area contributed by atoms with E-state index in [0.29, 0.717) is 0 Å². The molecule has 0 unspecified atom stereocenters. The Labute approximate surface area is 53.0 Å². The van der Waals surface area contributed by atoms with E-state index in [2.05, 4.69) is 0 Å². The molecule has 0 amide bonds. The Kier molecular flexibility index (Phi) is 10.2. The zero-order valence-corrected chi connectivity index (χ0v) is 4.39. The standard InChI is InChI=1S/CH4.Fe.H2O4S/c;;1-5(2,3)4/h1H4;;(H2,1,2,3,4). The molecule has 0 atom stereocenters. The van der Waals surface area contributed by atoms with Gasteiger partial charge in [-0.2, -0.15) is 8.42 Å². The maximum absolute atomic E-state index is 8.74. The molecule has 0 bridgehead atoms. The van der Waals surface area contributed by atoms with E-state index in [4.69, 9.17) is 17.5 Å². The fourth-order valence-electron chi connectivity index (χ4n) is 0. The van der Waals surface area contributed by atoms with E-state index >= 15 is 0 Å². The molecule has 0 aliphatic heterocycles. The van der Waals surface area contributed by atoms with Crippen molar-refractivity contribution in [2.45, 2.75) is 7.43 Å². The van der Waals surface area contributed by atoms with Crippen molar-refractivity contribution in [1.82, 2.24) is 0 Å². The maximum Gasteiger partial charge on any atom is 0.394 e. The summed E-state index contributed by atoms with van der Waals surface area (Å²) in [5.74, 6) is 0. The van der Waals surface area contributed by atoms with Crippen LogP contribution in [0.15, 0.2) is 0 Å². The van der Waals surface area contributed by atoms with Crippen LogP contribution in [0.3, 0.4) is 0 Å². The van der Waals surface area contributed by atoms with Gasteiger partial charge in [0.15, 0.2) is 0 Å². The van der Waals surface area contributed by atoms with Gasteiger partial charge < -0.3 is 0 Å². The molecule has 0 rings (SSSR count). The van der Waals surface area contributed by atoms with E-state index in [1.54, 1.807) is 0 Å². The van der Waals surface area contributed by atoms with Crippen molar-refractivity contribution in [2.75, 3.05) is 0 Å². The number of rotatable bonds is 0. The summed E-state index contributed by atoms with van der Waals surface area (Å²) in [7, 11) is -4.67. The quantitative estimate of drug-likeness (QED) is 0.395. The molecule has 48 valence electrons. The summed E-state index contributed by atoms with van der Waals surface area (Å²) in [6.07, 6.45) is 0. The Morgan fingerprint density at radius 2 is 1.14 bits per heavy atom. The van der Waals surface area contributed by atoms with Crippen LogP contribution in [0.4, 0.5) is 0 Å². The molecule has 0 aliphatic carbocycles. The Hall–Kier alpha value is 0.389. The van der Waals surface area contributed by atoms with Gasteiger partial charge in [-0.25, -0.2) is 0 Å². The van der Waals surface area contributed by atoms with Gasteiger partial charge in [-0.05, 0) is 0 Å². The van der Waals surface area contributed by atoms with Crippen molar-refractivity contribution in [3.8, 4) is 0 Å². The van der Waals surface area contributed by atoms with Crippen molar-refractivity contribution < 1.29 is 34.6 Å². The molecule has 0 aromatic rings. The van der Waals surface area contributed by atoms with E-state index in [1.807, 2.05) is 0 Å². The smallest absolute Gasteiger partial charge is 0.264 e. The first-order valence-corrected chi connectivity index (χ1v) is 2.10. The normalized spacial score (nSPS) is 8.29. The fourth-order valence-corrected chi connectivity index (χ4v) is 0. The predicted octanol–water partition coefficient (Wildman–Crippen LogP) is -0.0192. The summed E-state index contributed by atoms with van der Waals surface area (Å²) < 4.78 is 31.6. The van der Waals surface area contributed by atoms with Crippen LogP contribution in [0.1, 0.15) is 7.43 Å². The zero-order chi connectivity index (χ0) is 4.50. The summed E-state index contributed by atoms with van der Waals surface area (Å²) in [5, 5.41) is 0. The monoisotopic (exact) mass is 170 g/mol. The molecular weight excluding hydrogens is 164 g/mol. The average Bonchev–Trinajstić information content (AvgIpc) is 0.722. The first-order chi connectivity index (χ1) is 2.00. The van der Waals surface area contributed by atoms with Crippen molar-refractivity contribution in [3.05, 3.63) is 0 Å². The summed E-state index contributed by atoms with van der Waals surface area (Å²) in [6.45, 7) is 0. The molecule has 0 aliphatic rings. The second-order valence-corrected chi connectivity index (χ2v) is 1.34. The molecule has 4 nitrogen and oxygen atoms in total. The third kappa shape index (κ3) is 812. The first-order valence-electron chi connectivity index (χ1n) is 0.698. The maximum atomic E-state index is 8.74. The molecule has 7 heavy (non-hydrogen) atoms. The zero-order valence-electron chi connectivity index (χ0n) is 2.47. The van der Waals surface area contributed by atoms with Gasteiger partial charge in [0.25, 0.3) is 0 Å². The number of hydrogen-bond acceptors (Lipinski definition) is 2. The van der Waals surface area contributed by atoms with E-state index in [9.17, 15) is 0 Å². The van der Waals surface area contributed by atoms with Crippen LogP contribution >= 0.6 is 0 Å². The minimum atomic E-state index is -4.67. The van der Waals surface area contributed by atoms with Gasteiger partial charge >= 0.3 is 10.4 Å². The number of hydrogen-bond donors (Lipinski definition) is 2. The summed E-state index contributed by atoms with van der Waals surface area (Å²) >= 11 is 0. The third-order valence-electron chi connectivity index (χ3n) is 0. The first kappa shape index (κ1) is 15.7. The average molecular weight is 170 g/mol. The van der Waals surface area contributed by atoms with Gasteiger partial charge in [-0.15, -0.1) is 0 Å². The summed E-state index contributed by atoms with van der Waals surface area (Å²) in [5.41, 5.74) is 0. The van der Waals surface area contributed by atoms with Gasteiger partial charge in [0.05, 0.1) is 0 Å². The van der Waals surface area contributed by atoms with E-state index in [-0.39, 0.29) is 24.5 Å². The van der Waals surface area contributed by atoms with Crippen LogP contribution in [-0.2, 0) is 27.5 Å². The van der Waals surface area contributed by atoms with E-state index < -0.39 is 10.4 Å². The van der Waals surface area contributed by atoms with Gasteiger partial charge in [0, 0.05) is 17.1 Å². The van der Waals surface area contributed by atoms with Crippen LogP contribution in [0.5, 0.6) is 0 Å². The van der Waals surface area contributed by atoms with E-state index in [1.165, 1.54) is 0 Å². The van der Waals surface area contributed by atoms with Gasteiger partial charge in [0.2, 0.25) is 0 Å². The molecule has 0 spiro atoms. The molecule has 2 N–H and O–H groups in total. The molecular formula is CH6FeO4S.